The molecule has 0 aliphatic carbocycles. The maximum Gasteiger partial charge on any atom is 0.323 e. The SMILES string of the molecule is O=C(O)Cn1c(-c2ccccc2)ccc1-c1ccc(N2CCCCC2)cc1. The fourth-order valence-electron chi connectivity index (χ4n) is 3.88. The average molecular weight is 360 g/mol. The number of hydrogen-bond acceptors (Lipinski definition) is 2. The summed E-state index contributed by atoms with van der Waals surface area (Å²) in [5.74, 6) is -0.838. The van der Waals surface area contributed by atoms with E-state index in [0.29, 0.717) is 0 Å². The Labute approximate surface area is 159 Å². The van der Waals surface area contributed by atoms with Crippen molar-refractivity contribution in [3.8, 4) is 22.5 Å². The minimum atomic E-state index is -0.838. The van der Waals surface area contributed by atoms with Gasteiger partial charge in [-0.15, -0.1) is 0 Å². The van der Waals surface area contributed by atoms with E-state index in [4.69, 9.17) is 0 Å². The number of carboxylic acids is 1. The first-order chi connectivity index (χ1) is 13.2. The van der Waals surface area contributed by atoms with Gasteiger partial charge in [-0.05, 0) is 54.7 Å². The van der Waals surface area contributed by atoms with Gasteiger partial charge in [0.05, 0.1) is 0 Å². The lowest BCUT2D eigenvalue weighted by atomic mass is 10.1. The normalized spacial score (nSPS) is 14.3. The van der Waals surface area contributed by atoms with Crippen LogP contribution in [0.25, 0.3) is 22.5 Å². The van der Waals surface area contributed by atoms with E-state index in [1.54, 1.807) is 0 Å². The highest BCUT2D eigenvalue weighted by atomic mass is 16.4. The van der Waals surface area contributed by atoms with Gasteiger partial charge < -0.3 is 14.6 Å². The van der Waals surface area contributed by atoms with Crippen LogP contribution in [0.5, 0.6) is 0 Å². The van der Waals surface area contributed by atoms with Crippen molar-refractivity contribution in [2.75, 3.05) is 18.0 Å². The molecule has 0 amide bonds. The lowest BCUT2D eigenvalue weighted by Crippen LogP contribution is -2.29. The minimum Gasteiger partial charge on any atom is -0.480 e. The van der Waals surface area contributed by atoms with E-state index in [1.165, 1.54) is 24.9 Å². The molecule has 138 valence electrons. The minimum absolute atomic E-state index is 0.0551. The van der Waals surface area contributed by atoms with Crippen LogP contribution in [0.4, 0.5) is 5.69 Å². The molecule has 0 bridgehead atoms. The third-order valence-corrected chi connectivity index (χ3v) is 5.23. The molecule has 2 heterocycles. The van der Waals surface area contributed by atoms with E-state index in [2.05, 4.69) is 29.2 Å². The van der Waals surface area contributed by atoms with E-state index in [9.17, 15) is 9.90 Å². The fourth-order valence-corrected chi connectivity index (χ4v) is 3.88. The summed E-state index contributed by atoms with van der Waals surface area (Å²) >= 11 is 0. The molecule has 1 saturated heterocycles. The summed E-state index contributed by atoms with van der Waals surface area (Å²) in [6, 6.07) is 22.5. The Morgan fingerprint density at radius 1 is 0.778 bits per heavy atom. The molecule has 0 atom stereocenters. The molecule has 1 aromatic heterocycles. The van der Waals surface area contributed by atoms with Crippen LogP contribution in [-0.2, 0) is 11.3 Å². The average Bonchev–Trinajstić information content (AvgIpc) is 3.12. The molecular weight excluding hydrogens is 336 g/mol. The Morgan fingerprint density at radius 3 is 1.96 bits per heavy atom. The van der Waals surface area contributed by atoms with Gasteiger partial charge in [0.25, 0.3) is 0 Å². The van der Waals surface area contributed by atoms with Gasteiger partial charge in [-0.3, -0.25) is 4.79 Å². The zero-order valence-electron chi connectivity index (χ0n) is 15.3. The number of nitrogens with zero attached hydrogens (tertiary/aromatic N) is 2. The zero-order valence-corrected chi connectivity index (χ0v) is 15.3. The number of rotatable bonds is 5. The lowest BCUT2D eigenvalue weighted by molar-refractivity contribution is -0.137. The Kier molecular flexibility index (Phi) is 4.97. The molecule has 0 radical (unpaired) electrons. The molecule has 0 unspecified atom stereocenters. The summed E-state index contributed by atoms with van der Waals surface area (Å²) < 4.78 is 1.88. The molecule has 27 heavy (non-hydrogen) atoms. The maximum atomic E-state index is 11.5. The van der Waals surface area contributed by atoms with Crippen LogP contribution in [-0.4, -0.2) is 28.7 Å². The molecule has 1 aliphatic rings. The standard InChI is InChI=1S/C23H24N2O2/c26-23(27)17-25-21(18-7-3-1-4-8-18)13-14-22(25)19-9-11-20(12-10-19)24-15-5-2-6-16-24/h1,3-4,7-14H,2,5-6,15-17H2,(H,26,27). The van der Waals surface area contributed by atoms with Crippen LogP contribution >= 0.6 is 0 Å². The van der Waals surface area contributed by atoms with Crippen LogP contribution in [0.2, 0.25) is 0 Å². The summed E-state index contributed by atoms with van der Waals surface area (Å²) in [4.78, 5) is 13.9. The number of hydrogen-bond donors (Lipinski definition) is 1. The molecule has 4 nitrogen and oxygen atoms in total. The van der Waals surface area contributed by atoms with Crippen molar-refractivity contribution in [3.05, 3.63) is 66.7 Å². The van der Waals surface area contributed by atoms with Gasteiger partial charge >= 0.3 is 5.97 Å². The van der Waals surface area contributed by atoms with Crippen molar-refractivity contribution in [3.63, 3.8) is 0 Å². The van der Waals surface area contributed by atoms with Crippen molar-refractivity contribution in [2.24, 2.45) is 0 Å². The molecule has 1 N–H and O–H groups in total. The van der Waals surface area contributed by atoms with Crippen LogP contribution in [0.3, 0.4) is 0 Å². The van der Waals surface area contributed by atoms with E-state index in [-0.39, 0.29) is 6.54 Å². The van der Waals surface area contributed by atoms with E-state index >= 15 is 0 Å². The molecule has 4 rings (SSSR count). The van der Waals surface area contributed by atoms with Gasteiger partial charge in [-0.1, -0.05) is 42.5 Å². The molecule has 3 aromatic rings. The van der Waals surface area contributed by atoms with Crippen molar-refractivity contribution in [2.45, 2.75) is 25.8 Å². The Bertz CT molecular complexity index is 907. The number of benzene rings is 2. The predicted molar refractivity (Wildman–Crippen MR) is 109 cm³/mol. The first kappa shape index (κ1) is 17.4. The maximum absolute atomic E-state index is 11.5. The van der Waals surface area contributed by atoms with Crippen LogP contribution < -0.4 is 4.90 Å². The molecule has 1 aliphatic heterocycles. The summed E-state index contributed by atoms with van der Waals surface area (Å²) in [6.07, 6.45) is 3.83. The fraction of sp³-hybridized carbons (Fsp3) is 0.261. The number of carboxylic acid groups (broad SMARTS) is 1. The van der Waals surface area contributed by atoms with Gasteiger partial charge in [0.2, 0.25) is 0 Å². The monoisotopic (exact) mass is 360 g/mol. The second kappa shape index (κ2) is 7.70. The molecule has 4 heteroatoms. The van der Waals surface area contributed by atoms with Gasteiger partial charge in [0.15, 0.2) is 0 Å². The first-order valence-electron chi connectivity index (χ1n) is 9.54. The van der Waals surface area contributed by atoms with E-state index in [1.807, 2.05) is 47.0 Å². The second-order valence-electron chi connectivity index (χ2n) is 7.04. The van der Waals surface area contributed by atoms with E-state index < -0.39 is 5.97 Å². The molecule has 1 fully saturated rings. The number of aromatic nitrogens is 1. The van der Waals surface area contributed by atoms with Crippen molar-refractivity contribution < 1.29 is 9.90 Å². The topological polar surface area (TPSA) is 45.5 Å². The van der Waals surface area contributed by atoms with Gasteiger partial charge in [-0.2, -0.15) is 0 Å². The van der Waals surface area contributed by atoms with Crippen molar-refractivity contribution in [1.29, 1.82) is 0 Å². The number of aliphatic carboxylic acids is 1. The third-order valence-electron chi connectivity index (χ3n) is 5.23. The van der Waals surface area contributed by atoms with Crippen LogP contribution in [0.15, 0.2) is 66.7 Å². The molecule has 2 aromatic carbocycles. The summed E-state index contributed by atoms with van der Waals surface area (Å²) in [7, 11) is 0. The summed E-state index contributed by atoms with van der Waals surface area (Å²) in [5, 5.41) is 9.41. The highest BCUT2D eigenvalue weighted by molar-refractivity contribution is 5.75. The highest BCUT2D eigenvalue weighted by Gasteiger charge is 2.15. The number of carbonyl (C=O) groups is 1. The Hall–Kier alpha value is -3.01. The van der Waals surface area contributed by atoms with Gasteiger partial charge in [0.1, 0.15) is 6.54 Å². The molecule has 0 saturated carbocycles. The van der Waals surface area contributed by atoms with Gasteiger partial charge in [-0.25, -0.2) is 0 Å². The highest BCUT2D eigenvalue weighted by Crippen LogP contribution is 2.30. The van der Waals surface area contributed by atoms with Crippen molar-refractivity contribution >= 4 is 11.7 Å². The van der Waals surface area contributed by atoms with Crippen LogP contribution in [0.1, 0.15) is 19.3 Å². The predicted octanol–water partition coefficient (Wildman–Crippen LogP) is 4.90. The first-order valence-corrected chi connectivity index (χ1v) is 9.54. The Balaban J connectivity index is 1.68. The quantitative estimate of drug-likeness (QED) is 0.704. The smallest absolute Gasteiger partial charge is 0.323 e. The lowest BCUT2D eigenvalue weighted by Gasteiger charge is -2.28. The second-order valence-corrected chi connectivity index (χ2v) is 7.04. The zero-order chi connectivity index (χ0) is 18.6. The van der Waals surface area contributed by atoms with E-state index in [0.717, 1.165) is 35.6 Å². The summed E-state index contributed by atoms with van der Waals surface area (Å²) in [5.41, 5.74) is 5.17. The van der Waals surface area contributed by atoms with Crippen molar-refractivity contribution in [1.82, 2.24) is 4.57 Å². The van der Waals surface area contributed by atoms with Gasteiger partial charge in [0, 0.05) is 30.2 Å². The molecule has 0 spiro atoms. The number of anilines is 1. The summed E-state index contributed by atoms with van der Waals surface area (Å²) in [6.45, 7) is 2.18. The number of piperidine rings is 1. The van der Waals surface area contributed by atoms with Crippen LogP contribution in [0, 0.1) is 0 Å². The largest absolute Gasteiger partial charge is 0.480 e. The third kappa shape index (κ3) is 3.75. The molecular formula is C23H24N2O2. The Morgan fingerprint density at radius 2 is 1.37 bits per heavy atom.